The SMILES string of the molecule is CCn1ncc(N)c1C(=O)Nc1ccc(F)c(F)c1. The zero-order valence-corrected chi connectivity index (χ0v) is 10.2. The summed E-state index contributed by atoms with van der Waals surface area (Å²) in [6.07, 6.45) is 1.36. The molecule has 0 atom stereocenters. The van der Waals surface area contributed by atoms with Gasteiger partial charge in [-0.15, -0.1) is 0 Å². The molecule has 100 valence electrons. The standard InChI is InChI=1S/C12H12F2N4O/c1-2-18-11(10(15)6-16-18)12(19)17-7-3-4-8(13)9(14)5-7/h3-6H,2,15H2,1H3,(H,17,19). The van der Waals surface area contributed by atoms with Crippen molar-refractivity contribution in [3.63, 3.8) is 0 Å². The minimum atomic E-state index is -1.03. The number of amides is 1. The van der Waals surface area contributed by atoms with E-state index in [0.29, 0.717) is 6.54 Å². The predicted octanol–water partition coefficient (Wildman–Crippen LogP) is 2.02. The third kappa shape index (κ3) is 2.54. The molecule has 0 aliphatic carbocycles. The highest BCUT2D eigenvalue weighted by Crippen LogP contribution is 2.16. The molecule has 3 N–H and O–H groups in total. The van der Waals surface area contributed by atoms with Gasteiger partial charge in [0.25, 0.3) is 5.91 Å². The monoisotopic (exact) mass is 266 g/mol. The zero-order valence-electron chi connectivity index (χ0n) is 10.2. The lowest BCUT2D eigenvalue weighted by Crippen LogP contribution is -2.19. The van der Waals surface area contributed by atoms with Crippen molar-refractivity contribution in [2.75, 3.05) is 11.1 Å². The summed E-state index contributed by atoms with van der Waals surface area (Å²) in [5.74, 6) is -2.53. The lowest BCUT2D eigenvalue weighted by molar-refractivity contribution is 0.101. The van der Waals surface area contributed by atoms with Crippen molar-refractivity contribution in [1.82, 2.24) is 9.78 Å². The second-order valence-electron chi connectivity index (χ2n) is 3.85. The van der Waals surface area contributed by atoms with Crippen molar-refractivity contribution < 1.29 is 13.6 Å². The van der Waals surface area contributed by atoms with E-state index >= 15 is 0 Å². The van der Waals surface area contributed by atoms with E-state index in [-0.39, 0.29) is 17.1 Å². The van der Waals surface area contributed by atoms with Crippen LogP contribution in [-0.4, -0.2) is 15.7 Å². The van der Waals surface area contributed by atoms with Gasteiger partial charge in [-0.1, -0.05) is 0 Å². The number of nitrogens with two attached hydrogens (primary N) is 1. The van der Waals surface area contributed by atoms with Crippen LogP contribution in [0.15, 0.2) is 24.4 Å². The molecule has 19 heavy (non-hydrogen) atoms. The molecule has 2 rings (SSSR count). The van der Waals surface area contributed by atoms with E-state index in [1.165, 1.54) is 16.9 Å². The quantitative estimate of drug-likeness (QED) is 0.892. The number of nitrogens with one attached hydrogen (secondary N) is 1. The van der Waals surface area contributed by atoms with Crippen LogP contribution in [0.5, 0.6) is 0 Å². The van der Waals surface area contributed by atoms with Gasteiger partial charge in [-0.3, -0.25) is 9.48 Å². The molecule has 1 heterocycles. The molecule has 0 saturated heterocycles. The molecule has 7 heteroatoms. The first-order valence-corrected chi connectivity index (χ1v) is 5.60. The summed E-state index contributed by atoms with van der Waals surface area (Å²) in [5, 5.41) is 6.37. The van der Waals surface area contributed by atoms with E-state index in [0.717, 1.165) is 12.1 Å². The molecule has 0 spiro atoms. The van der Waals surface area contributed by atoms with Crippen molar-refractivity contribution in [2.24, 2.45) is 0 Å². The first-order valence-electron chi connectivity index (χ1n) is 5.60. The fraction of sp³-hybridized carbons (Fsp3) is 0.167. The van der Waals surface area contributed by atoms with Gasteiger partial charge in [-0.05, 0) is 19.1 Å². The number of nitrogen functional groups attached to an aromatic ring is 1. The number of anilines is 2. The Morgan fingerprint density at radius 2 is 2.16 bits per heavy atom. The van der Waals surface area contributed by atoms with Crippen molar-refractivity contribution in [1.29, 1.82) is 0 Å². The second-order valence-corrected chi connectivity index (χ2v) is 3.85. The topological polar surface area (TPSA) is 72.9 Å². The van der Waals surface area contributed by atoms with Crippen molar-refractivity contribution in [3.05, 3.63) is 41.7 Å². The highest BCUT2D eigenvalue weighted by molar-refractivity contribution is 6.06. The number of hydrogen-bond donors (Lipinski definition) is 2. The number of carbonyl (C=O) groups is 1. The maximum absolute atomic E-state index is 13.0. The van der Waals surface area contributed by atoms with Gasteiger partial charge in [-0.25, -0.2) is 8.78 Å². The Bertz CT molecular complexity index is 624. The summed E-state index contributed by atoms with van der Waals surface area (Å²) in [4.78, 5) is 12.0. The molecule has 0 bridgehead atoms. The highest BCUT2D eigenvalue weighted by Gasteiger charge is 2.16. The summed E-state index contributed by atoms with van der Waals surface area (Å²) in [6, 6.07) is 3.10. The number of aryl methyl sites for hydroxylation is 1. The van der Waals surface area contributed by atoms with Crippen LogP contribution >= 0.6 is 0 Å². The molecule has 0 unspecified atom stereocenters. The molecule has 1 aromatic carbocycles. The van der Waals surface area contributed by atoms with E-state index in [2.05, 4.69) is 10.4 Å². The molecule has 1 aromatic heterocycles. The summed E-state index contributed by atoms with van der Waals surface area (Å²) < 4.78 is 27.2. The van der Waals surface area contributed by atoms with Crippen LogP contribution in [-0.2, 0) is 6.54 Å². The molecule has 0 radical (unpaired) electrons. The number of hydrogen-bond acceptors (Lipinski definition) is 3. The van der Waals surface area contributed by atoms with Crippen molar-refractivity contribution in [2.45, 2.75) is 13.5 Å². The van der Waals surface area contributed by atoms with E-state index < -0.39 is 17.5 Å². The van der Waals surface area contributed by atoms with E-state index in [4.69, 9.17) is 5.73 Å². The van der Waals surface area contributed by atoms with Gasteiger partial charge in [0.2, 0.25) is 0 Å². The van der Waals surface area contributed by atoms with Gasteiger partial charge < -0.3 is 11.1 Å². The van der Waals surface area contributed by atoms with E-state index in [1.54, 1.807) is 6.92 Å². The van der Waals surface area contributed by atoms with Gasteiger partial charge in [-0.2, -0.15) is 5.10 Å². The molecule has 0 aliphatic heterocycles. The number of rotatable bonds is 3. The Hall–Kier alpha value is -2.44. The summed E-state index contributed by atoms with van der Waals surface area (Å²) >= 11 is 0. The maximum atomic E-state index is 13.0. The molecule has 1 amide bonds. The van der Waals surface area contributed by atoms with Crippen molar-refractivity contribution >= 4 is 17.3 Å². The molecular weight excluding hydrogens is 254 g/mol. The molecule has 5 nitrogen and oxygen atoms in total. The Labute approximate surface area is 108 Å². The first-order chi connectivity index (χ1) is 9.02. The largest absolute Gasteiger partial charge is 0.396 e. The third-order valence-corrected chi connectivity index (χ3v) is 2.56. The molecular formula is C12H12F2N4O. The highest BCUT2D eigenvalue weighted by atomic mass is 19.2. The maximum Gasteiger partial charge on any atom is 0.276 e. The first kappa shape index (κ1) is 13.0. The van der Waals surface area contributed by atoms with Gasteiger partial charge in [0.1, 0.15) is 5.69 Å². The predicted molar refractivity (Wildman–Crippen MR) is 66.6 cm³/mol. The van der Waals surface area contributed by atoms with Gasteiger partial charge >= 0.3 is 0 Å². The molecule has 0 saturated carbocycles. The van der Waals surface area contributed by atoms with Gasteiger partial charge in [0.15, 0.2) is 11.6 Å². The Kier molecular flexibility index (Phi) is 3.46. The number of carbonyl (C=O) groups excluding carboxylic acids is 1. The fourth-order valence-corrected chi connectivity index (χ4v) is 1.65. The average Bonchev–Trinajstić information content (AvgIpc) is 2.75. The number of nitrogens with zero attached hydrogens (tertiary/aromatic N) is 2. The Morgan fingerprint density at radius 1 is 1.42 bits per heavy atom. The van der Waals surface area contributed by atoms with Gasteiger partial charge in [0, 0.05) is 18.3 Å². The normalized spacial score (nSPS) is 10.5. The summed E-state index contributed by atoms with van der Waals surface area (Å²) in [7, 11) is 0. The summed E-state index contributed by atoms with van der Waals surface area (Å²) in [6.45, 7) is 2.28. The number of benzene rings is 1. The zero-order chi connectivity index (χ0) is 14.0. The smallest absolute Gasteiger partial charge is 0.276 e. The Morgan fingerprint density at radius 3 is 2.79 bits per heavy atom. The fourth-order valence-electron chi connectivity index (χ4n) is 1.65. The van der Waals surface area contributed by atoms with Crippen LogP contribution in [0.3, 0.4) is 0 Å². The second kappa shape index (κ2) is 5.05. The molecule has 0 aliphatic rings. The average molecular weight is 266 g/mol. The minimum Gasteiger partial charge on any atom is -0.396 e. The van der Waals surface area contributed by atoms with Crippen LogP contribution < -0.4 is 11.1 Å². The van der Waals surface area contributed by atoms with Crippen LogP contribution in [0.1, 0.15) is 17.4 Å². The van der Waals surface area contributed by atoms with E-state index in [9.17, 15) is 13.6 Å². The van der Waals surface area contributed by atoms with Crippen LogP contribution in [0.2, 0.25) is 0 Å². The van der Waals surface area contributed by atoms with Crippen molar-refractivity contribution in [3.8, 4) is 0 Å². The third-order valence-electron chi connectivity index (χ3n) is 2.56. The van der Waals surface area contributed by atoms with Crippen LogP contribution in [0.25, 0.3) is 0 Å². The Balaban J connectivity index is 2.25. The summed E-state index contributed by atoms with van der Waals surface area (Å²) in [5.41, 5.74) is 6.20. The van der Waals surface area contributed by atoms with Crippen LogP contribution in [0, 0.1) is 11.6 Å². The minimum absolute atomic E-state index is 0.146. The molecule has 0 fully saturated rings. The number of aromatic nitrogens is 2. The van der Waals surface area contributed by atoms with Gasteiger partial charge in [0.05, 0.1) is 11.9 Å². The lowest BCUT2D eigenvalue weighted by Gasteiger charge is -2.08. The van der Waals surface area contributed by atoms with E-state index in [1.807, 2.05) is 0 Å². The van der Waals surface area contributed by atoms with Crippen LogP contribution in [0.4, 0.5) is 20.2 Å². The number of halogens is 2. The molecule has 2 aromatic rings. The lowest BCUT2D eigenvalue weighted by atomic mass is 10.2.